The highest BCUT2D eigenvalue weighted by Gasteiger charge is 2.30. The molecule has 0 spiro atoms. The van der Waals surface area contributed by atoms with Gasteiger partial charge in [0.05, 0.1) is 12.2 Å². The van der Waals surface area contributed by atoms with Crippen molar-refractivity contribution < 1.29 is 23.0 Å². The van der Waals surface area contributed by atoms with Gasteiger partial charge in [0.2, 0.25) is 0 Å². The predicted octanol–water partition coefficient (Wildman–Crippen LogP) is 3.45. The summed E-state index contributed by atoms with van der Waals surface area (Å²) in [6, 6.07) is 4.66. The Hall–Kier alpha value is -0.880. The Morgan fingerprint density at radius 2 is 2.00 bits per heavy atom. The van der Waals surface area contributed by atoms with Gasteiger partial charge in [-0.1, -0.05) is 0 Å². The third-order valence-electron chi connectivity index (χ3n) is 3.51. The van der Waals surface area contributed by atoms with Crippen molar-refractivity contribution >= 4 is 11.8 Å². The summed E-state index contributed by atoms with van der Waals surface area (Å²) in [6.07, 6.45) is -3.26. The monoisotopic (exact) mass is 306 g/mol. The van der Waals surface area contributed by atoms with Crippen molar-refractivity contribution in [1.82, 2.24) is 0 Å². The van der Waals surface area contributed by atoms with Crippen molar-refractivity contribution in [1.29, 1.82) is 0 Å². The maximum Gasteiger partial charge on any atom is 0.416 e. The van der Waals surface area contributed by atoms with Gasteiger partial charge in [0.25, 0.3) is 0 Å². The maximum absolute atomic E-state index is 12.4. The second-order valence-electron chi connectivity index (χ2n) is 4.90. The fourth-order valence-electron chi connectivity index (χ4n) is 2.21. The van der Waals surface area contributed by atoms with Crippen LogP contribution in [0.5, 0.6) is 5.75 Å². The largest absolute Gasteiger partial charge is 0.493 e. The molecule has 2 atom stereocenters. The van der Waals surface area contributed by atoms with E-state index in [0.717, 1.165) is 30.1 Å². The lowest BCUT2D eigenvalue weighted by Crippen LogP contribution is -2.25. The molecule has 2 nitrogen and oxygen atoms in total. The van der Waals surface area contributed by atoms with Crippen molar-refractivity contribution in [2.75, 3.05) is 24.7 Å². The number of aliphatic hydroxyl groups is 1. The van der Waals surface area contributed by atoms with Gasteiger partial charge in [-0.25, -0.2) is 0 Å². The van der Waals surface area contributed by atoms with E-state index >= 15 is 0 Å². The quantitative estimate of drug-likeness (QED) is 0.903. The molecule has 0 amide bonds. The van der Waals surface area contributed by atoms with Crippen LogP contribution in [0, 0.1) is 11.8 Å². The van der Waals surface area contributed by atoms with Gasteiger partial charge in [-0.15, -0.1) is 0 Å². The molecule has 20 heavy (non-hydrogen) atoms. The summed E-state index contributed by atoms with van der Waals surface area (Å²) >= 11 is 1.86. The number of thioether (sulfide) groups is 1. The molecule has 2 rings (SSSR count). The SMILES string of the molecule is OCC(COc1ccc(C(F)(F)F)cc1)C1CCSC1. The van der Waals surface area contributed by atoms with E-state index in [9.17, 15) is 18.3 Å². The van der Waals surface area contributed by atoms with Crippen LogP contribution < -0.4 is 4.74 Å². The Labute approximate surface area is 120 Å². The molecule has 2 unspecified atom stereocenters. The van der Waals surface area contributed by atoms with Crippen LogP contribution in [-0.4, -0.2) is 29.8 Å². The van der Waals surface area contributed by atoms with Gasteiger partial charge >= 0.3 is 6.18 Å². The van der Waals surface area contributed by atoms with E-state index < -0.39 is 11.7 Å². The van der Waals surface area contributed by atoms with E-state index in [2.05, 4.69) is 0 Å². The molecule has 1 aliphatic heterocycles. The number of ether oxygens (including phenoxy) is 1. The minimum absolute atomic E-state index is 0.0475. The number of hydrogen-bond donors (Lipinski definition) is 1. The van der Waals surface area contributed by atoms with Gasteiger partial charge in [-0.2, -0.15) is 24.9 Å². The zero-order valence-electron chi connectivity index (χ0n) is 10.9. The van der Waals surface area contributed by atoms with Crippen LogP contribution in [0.1, 0.15) is 12.0 Å². The van der Waals surface area contributed by atoms with Gasteiger partial charge in [0.1, 0.15) is 5.75 Å². The first-order chi connectivity index (χ1) is 9.50. The first kappa shape index (κ1) is 15.5. The zero-order chi connectivity index (χ0) is 14.6. The van der Waals surface area contributed by atoms with Crippen LogP contribution in [0.3, 0.4) is 0 Å². The topological polar surface area (TPSA) is 29.5 Å². The summed E-state index contributed by atoms with van der Waals surface area (Å²) in [4.78, 5) is 0. The van der Waals surface area contributed by atoms with Crippen LogP contribution in [0.15, 0.2) is 24.3 Å². The van der Waals surface area contributed by atoms with Gasteiger partial charge in [-0.05, 0) is 48.1 Å². The van der Waals surface area contributed by atoms with Crippen molar-refractivity contribution in [3.63, 3.8) is 0 Å². The molecule has 1 heterocycles. The average Bonchev–Trinajstić information content (AvgIpc) is 2.93. The molecule has 1 aromatic rings. The van der Waals surface area contributed by atoms with E-state index in [4.69, 9.17) is 4.74 Å². The van der Waals surface area contributed by atoms with Gasteiger partial charge in [0, 0.05) is 12.5 Å². The van der Waals surface area contributed by atoms with Crippen molar-refractivity contribution in [2.45, 2.75) is 12.6 Å². The maximum atomic E-state index is 12.4. The Balaban J connectivity index is 1.89. The van der Waals surface area contributed by atoms with Crippen molar-refractivity contribution in [3.8, 4) is 5.75 Å². The fraction of sp³-hybridized carbons (Fsp3) is 0.571. The molecule has 1 aliphatic rings. The zero-order valence-corrected chi connectivity index (χ0v) is 11.7. The Bertz CT molecular complexity index is 413. The fourth-order valence-corrected chi connectivity index (χ4v) is 3.58. The number of alkyl halides is 3. The summed E-state index contributed by atoms with van der Waals surface area (Å²) in [5, 5.41) is 9.38. The minimum Gasteiger partial charge on any atom is -0.493 e. The number of halogens is 3. The van der Waals surface area contributed by atoms with Crippen LogP contribution in [0.2, 0.25) is 0 Å². The first-order valence-corrected chi connectivity index (χ1v) is 7.65. The Kier molecular flexibility index (Phi) is 5.21. The normalized spacial score (nSPS) is 20.9. The summed E-state index contributed by atoms with van der Waals surface area (Å²) < 4.78 is 42.8. The first-order valence-electron chi connectivity index (χ1n) is 6.49. The number of aliphatic hydroxyl groups excluding tert-OH is 1. The Morgan fingerprint density at radius 1 is 1.30 bits per heavy atom. The second kappa shape index (κ2) is 6.72. The highest BCUT2D eigenvalue weighted by molar-refractivity contribution is 7.99. The molecule has 112 valence electrons. The lowest BCUT2D eigenvalue weighted by molar-refractivity contribution is -0.137. The van der Waals surface area contributed by atoms with E-state index in [-0.39, 0.29) is 12.5 Å². The summed E-state index contributed by atoms with van der Waals surface area (Å²) in [7, 11) is 0. The van der Waals surface area contributed by atoms with Crippen molar-refractivity contribution in [3.05, 3.63) is 29.8 Å². The Morgan fingerprint density at radius 3 is 2.50 bits per heavy atom. The molecule has 1 saturated heterocycles. The number of benzene rings is 1. The minimum atomic E-state index is -4.33. The van der Waals surface area contributed by atoms with Crippen LogP contribution >= 0.6 is 11.8 Å². The van der Waals surface area contributed by atoms with E-state index in [1.54, 1.807) is 0 Å². The molecule has 0 radical (unpaired) electrons. The lowest BCUT2D eigenvalue weighted by Gasteiger charge is -2.21. The second-order valence-corrected chi connectivity index (χ2v) is 6.05. The predicted molar refractivity (Wildman–Crippen MR) is 72.9 cm³/mol. The van der Waals surface area contributed by atoms with E-state index in [1.165, 1.54) is 12.1 Å². The molecule has 0 aromatic heterocycles. The van der Waals surface area contributed by atoms with Gasteiger partial charge in [0.15, 0.2) is 0 Å². The smallest absolute Gasteiger partial charge is 0.416 e. The lowest BCUT2D eigenvalue weighted by atomic mass is 9.93. The highest BCUT2D eigenvalue weighted by atomic mass is 32.2. The molecule has 0 bridgehead atoms. The molecule has 1 fully saturated rings. The van der Waals surface area contributed by atoms with Crippen molar-refractivity contribution in [2.24, 2.45) is 11.8 Å². The molecule has 0 aliphatic carbocycles. The third kappa shape index (κ3) is 4.06. The summed E-state index contributed by atoms with van der Waals surface area (Å²) in [6.45, 7) is 0.388. The van der Waals surface area contributed by atoms with Crippen LogP contribution in [-0.2, 0) is 6.18 Å². The number of hydrogen-bond acceptors (Lipinski definition) is 3. The molecule has 1 N–H and O–H groups in total. The third-order valence-corrected chi connectivity index (χ3v) is 4.70. The molecular formula is C14H17F3O2S. The average molecular weight is 306 g/mol. The summed E-state index contributed by atoms with van der Waals surface area (Å²) in [5.41, 5.74) is -0.684. The number of rotatable bonds is 5. The molecular weight excluding hydrogens is 289 g/mol. The molecule has 0 saturated carbocycles. The molecule has 6 heteroatoms. The van der Waals surface area contributed by atoms with Gasteiger partial charge in [-0.3, -0.25) is 0 Å². The van der Waals surface area contributed by atoms with E-state index in [0.29, 0.717) is 18.3 Å². The molecule has 1 aromatic carbocycles. The summed E-state index contributed by atoms with van der Waals surface area (Å²) in [5.74, 6) is 3.00. The van der Waals surface area contributed by atoms with Crippen LogP contribution in [0.25, 0.3) is 0 Å². The standard InChI is InChI=1S/C14H17F3O2S/c15-14(16,17)12-1-3-13(4-2-12)19-8-11(7-18)10-5-6-20-9-10/h1-4,10-11,18H,5-9H2. The van der Waals surface area contributed by atoms with E-state index in [1.807, 2.05) is 11.8 Å². The van der Waals surface area contributed by atoms with Crippen LogP contribution in [0.4, 0.5) is 13.2 Å². The van der Waals surface area contributed by atoms with Gasteiger partial charge < -0.3 is 9.84 Å². The highest BCUT2D eigenvalue weighted by Crippen LogP contribution is 2.32.